The minimum Gasteiger partial charge on any atom is -0.475 e. The number of carbonyl (C=O) groups is 1. The van der Waals surface area contributed by atoms with Crippen LogP contribution < -0.4 is 0 Å². The van der Waals surface area contributed by atoms with E-state index in [1.807, 2.05) is 0 Å². The molecule has 0 atom stereocenters. The molecule has 0 aromatic carbocycles. The van der Waals surface area contributed by atoms with Crippen LogP contribution in [0.2, 0.25) is 0 Å². The molecule has 0 spiro atoms. The van der Waals surface area contributed by atoms with E-state index in [0.717, 1.165) is 5.56 Å². The number of carboxylic acids is 1. The van der Waals surface area contributed by atoms with Crippen molar-refractivity contribution in [2.75, 3.05) is 0 Å². The van der Waals surface area contributed by atoms with Gasteiger partial charge in [-0.25, -0.2) is 14.5 Å². The van der Waals surface area contributed by atoms with Crippen molar-refractivity contribution in [3.8, 4) is 0 Å². The van der Waals surface area contributed by atoms with Crippen LogP contribution in [-0.2, 0) is 6.54 Å². The summed E-state index contributed by atoms with van der Waals surface area (Å²) >= 11 is 0. The van der Waals surface area contributed by atoms with Gasteiger partial charge in [0.05, 0.1) is 12.7 Å². The van der Waals surface area contributed by atoms with Gasteiger partial charge < -0.3 is 5.11 Å². The van der Waals surface area contributed by atoms with Crippen molar-refractivity contribution in [3.63, 3.8) is 0 Å². The predicted molar refractivity (Wildman–Crippen MR) is 44.7 cm³/mol. The third-order valence-electron chi connectivity index (χ3n) is 1.63. The Balaban J connectivity index is 2.14. The molecule has 2 aromatic heterocycles. The van der Waals surface area contributed by atoms with E-state index in [0.29, 0.717) is 6.54 Å². The van der Waals surface area contributed by atoms with Gasteiger partial charge >= 0.3 is 5.97 Å². The van der Waals surface area contributed by atoms with E-state index in [1.54, 1.807) is 12.4 Å². The molecule has 7 nitrogen and oxygen atoms in total. The van der Waals surface area contributed by atoms with Gasteiger partial charge in [0.15, 0.2) is 0 Å². The smallest absolute Gasteiger partial charge is 0.375 e. The van der Waals surface area contributed by atoms with Crippen molar-refractivity contribution in [2.24, 2.45) is 0 Å². The molecule has 2 rings (SSSR count). The number of hydrogen-bond acceptors (Lipinski definition) is 4. The van der Waals surface area contributed by atoms with Crippen molar-refractivity contribution >= 4 is 5.97 Å². The summed E-state index contributed by atoms with van der Waals surface area (Å²) in [6, 6.07) is 0. The molecule has 2 heterocycles. The fourth-order valence-electron chi connectivity index (χ4n) is 1.02. The number of aromatic carboxylic acids is 1. The predicted octanol–water partition coefficient (Wildman–Crippen LogP) is -0.252. The normalized spacial score (nSPS) is 10.3. The molecule has 0 saturated carbocycles. The second-order valence-electron chi connectivity index (χ2n) is 2.68. The molecule has 0 bridgehead atoms. The molecule has 0 fully saturated rings. The van der Waals surface area contributed by atoms with Crippen molar-refractivity contribution in [2.45, 2.75) is 6.54 Å². The highest BCUT2D eigenvalue weighted by Gasteiger charge is 2.08. The summed E-state index contributed by atoms with van der Waals surface area (Å²) in [4.78, 5) is 14.1. The van der Waals surface area contributed by atoms with E-state index in [4.69, 9.17) is 5.11 Å². The monoisotopic (exact) mass is 193 g/mol. The van der Waals surface area contributed by atoms with Crippen LogP contribution >= 0.6 is 0 Å². The maximum absolute atomic E-state index is 10.5. The fraction of sp³-hybridized carbons (Fsp3) is 0.143. The topological polar surface area (TPSA) is 96.7 Å². The van der Waals surface area contributed by atoms with Crippen LogP contribution in [-0.4, -0.2) is 36.0 Å². The summed E-state index contributed by atoms with van der Waals surface area (Å²) < 4.78 is 1.44. The Kier molecular flexibility index (Phi) is 1.98. The highest BCUT2D eigenvalue weighted by Crippen LogP contribution is 1.98. The second-order valence-corrected chi connectivity index (χ2v) is 2.68. The highest BCUT2D eigenvalue weighted by molar-refractivity contribution is 5.82. The molecule has 0 aliphatic carbocycles. The Morgan fingerprint density at radius 2 is 2.50 bits per heavy atom. The van der Waals surface area contributed by atoms with E-state index in [-0.39, 0.29) is 5.82 Å². The maximum atomic E-state index is 10.5. The molecule has 7 heteroatoms. The zero-order chi connectivity index (χ0) is 9.97. The van der Waals surface area contributed by atoms with Crippen LogP contribution in [0.1, 0.15) is 16.2 Å². The zero-order valence-electron chi connectivity index (χ0n) is 7.08. The molecule has 0 unspecified atom stereocenters. The summed E-state index contributed by atoms with van der Waals surface area (Å²) in [5, 5.41) is 18.7. The number of carboxylic acid groups (broad SMARTS) is 1. The third-order valence-corrected chi connectivity index (χ3v) is 1.63. The molecular weight excluding hydrogens is 186 g/mol. The van der Waals surface area contributed by atoms with E-state index < -0.39 is 5.97 Å². The number of hydrogen-bond donors (Lipinski definition) is 2. The molecule has 72 valence electrons. The van der Waals surface area contributed by atoms with E-state index in [1.165, 1.54) is 11.0 Å². The average Bonchev–Trinajstić information content (AvgIpc) is 2.75. The number of aromatic nitrogens is 5. The Morgan fingerprint density at radius 3 is 3.07 bits per heavy atom. The summed E-state index contributed by atoms with van der Waals surface area (Å²) in [7, 11) is 0. The molecule has 0 radical (unpaired) electrons. The molecule has 0 amide bonds. The van der Waals surface area contributed by atoms with Gasteiger partial charge in [-0.3, -0.25) is 5.10 Å². The number of nitrogens with zero attached hydrogens (tertiary/aromatic N) is 4. The zero-order valence-corrected chi connectivity index (χ0v) is 7.08. The van der Waals surface area contributed by atoms with Crippen molar-refractivity contribution in [1.29, 1.82) is 0 Å². The number of H-pyrrole nitrogens is 1. The van der Waals surface area contributed by atoms with Crippen LogP contribution in [0.25, 0.3) is 0 Å². The summed E-state index contributed by atoms with van der Waals surface area (Å²) in [6.45, 7) is 0.455. The lowest BCUT2D eigenvalue weighted by Gasteiger charge is -1.94. The van der Waals surface area contributed by atoms with Gasteiger partial charge in [-0.15, -0.1) is 5.10 Å². The molecular formula is C7H7N5O2. The van der Waals surface area contributed by atoms with E-state index in [9.17, 15) is 4.79 Å². The SMILES string of the molecule is O=C(O)c1ncn(Cc2cn[nH]c2)n1. The van der Waals surface area contributed by atoms with Crippen LogP contribution in [0.4, 0.5) is 0 Å². The highest BCUT2D eigenvalue weighted by atomic mass is 16.4. The Labute approximate surface area is 78.4 Å². The van der Waals surface area contributed by atoms with Gasteiger partial charge in [0.25, 0.3) is 5.82 Å². The lowest BCUT2D eigenvalue weighted by Crippen LogP contribution is -2.03. The van der Waals surface area contributed by atoms with Gasteiger partial charge in [0, 0.05) is 11.8 Å². The fourth-order valence-corrected chi connectivity index (χ4v) is 1.02. The number of nitrogens with one attached hydrogen (secondary N) is 1. The van der Waals surface area contributed by atoms with E-state index >= 15 is 0 Å². The van der Waals surface area contributed by atoms with Gasteiger partial charge in [-0.2, -0.15) is 5.10 Å². The summed E-state index contributed by atoms with van der Waals surface area (Å²) in [5.74, 6) is -1.33. The summed E-state index contributed by atoms with van der Waals surface area (Å²) in [5.41, 5.74) is 0.909. The molecule has 0 aliphatic heterocycles. The Hall–Kier alpha value is -2.18. The number of rotatable bonds is 3. The van der Waals surface area contributed by atoms with Crippen molar-refractivity contribution in [3.05, 3.63) is 30.1 Å². The second kappa shape index (κ2) is 3.29. The Morgan fingerprint density at radius 1 is 1.64 bits per heavy atom. The van der Waals surface area contributed by atoms with Crippen LogP contribution in [0, 0.1) is 0 Å². The number of aromatic amines is 1. The van der Waals surface area contributed by atoms with Crippen molar-refractivity contribution < 1.29 is 9.90 Å². The van der Waals surface area contributed by atoms with Crippen LogP contribution in [0.5, 0.6) is 0 Å². The van der Waals surface area contributed by atoms with Crippen LogP contribution in [0.15, 0.2) is 18.7 Å². The average molecular weight is 193 g/mol. The van der Waals surface area contributed by atoms with Gasteiger partial charge in [-0.1, -0.05) is 0 Å². The van der Waals surface area contributed by atoms with Gasteiger partial charge in [0.1, 0.15) is 6.33 Å². The van der Waals surface area contributed by atoms with Crippen LogP contribution in [0.3, 0.4) is 0 Å². The molecule has 0 aliphatic rings. The standard InChI is InChI=1S/C7H7N5O2/c13-7(14)6-8-4-12(11-6)3-5-1-9-10-2-5/h1-2,4H,3H2,(H,9,10)(H,13,14). The first-order chi connectivity index (χ1) is 6.75. The lowest BCUT2D eigenvalue weighted by atomic mass is 10.4. The minimum atomic E-state index is -1.13. The molecule has 0 saturated heterocycles. The Bertz CT molecular complexity index is 433. The van der Waals surface area contributed by atoms with Crippen molar-refractivity contribution in [1.82, 2.24) is 25.0 Å². The first-order valence-electron chi connectivity index (χ1n) is 3.86. The van der Waals surface area contributed by atoms with E-state index in [2.05, 4.69) is 20.3 Å². The quantitative estimate of drug-likeness (QED) is 0.700. The maximum Gasteiger partial charge on any atom is 0.375 e. The minimum absolute atomic E-state index is 0.200. The van der Waals surface area contributed by atoms with Gasteiger partial charge in [-0.05, 0) is 0 Å². The third kappa shape index (κ3) is 1.60. The summed E-state index contributed by atoms with van der Waals surface area (Å²) in [6.07, 6.45) is 4.72. The largest absolute Gasteiger partial charge is 0.475 e. The first kappa shape index (κ1) is 8.42. The first-order valence-corrected chi connectivity index (χ1v) is 3.86. The lowest BCUT2D eigenvalue weighted by molar-refractivity contribution is 0.0683. The molecule has 2 N–H and O–H groups in total. The molecule has 2 aromatic rings. The molecule has 14 heavy (non-hydrogen) atoms. The van der Waals surface area contributed by atoms with Gasteiger partial charge in [0.2, 0.25) is 0 Å².